The van der Waals surface area contributed by atoms with Gasteiger partial charge in [-0.1, -0.05) is 76.9 Å². The van der Waals surface area contributed by atoms with E-state index in [0.29, 0.717) is 22.6 Å². The van der Waals surface area contributed by atoms with Gasteiger partial charge in [0.05, 0.1) is 12.6 Å². The van der Waals surface area contributed by atoms with E-state index in [9.17, 15) is 38.7 Å². The van der Waals surface area contributed by atoms with Crippen LogP contribution in [0.3, 0.4) is 0 Å². The second-order valence-electron chi connectivity index (χ2n) is 17.7. The van der Waals surface area contributed by atoms with Gasteiger partial charge in [-0.25, -0.2) is 4.79 Å². The zero-order valence-electron chi connectivity index (χ0n) is 39.1. The van der Waals surface area contributed by atoms with Crippen molar-refractivity contribution in [3.63, 3.8) is 0 Å². The van der Waals surface area contributed by atoms with Gasteiger partial charge in [0.15, 0.2) is 0 Å². The number of benzene rings is 1. The minimum absolute atomic E-state index is 0.0120. The number of carbonyl (C=O) groups is 7. The topological polar surface area (TPSA) is 195 Å². The Morgan fingerprint density at radius 3 is 2.08 bits per heavy atom. The van der Waals surface area contributed by atoms with Crippen LogP contribution in [0.25, 0.3) is 0 Å². The summed E-state index contributed by atoms with van der Waals surface area (Å²) in [5.74, 6) is -5.39. The Labute approximate surface area is 373 Å². The van der Waals surface area contributed by atoms with E-state index in [2.05, 4.69) is 16.0 Å². The molecule has 0 aromatic heterocycles. The number of nitrogens with one attached hydrogen (secondary N) is 3. The first kappa shape index (κ1) is 53.4. The standard InChI is InChI=1S/C46H71ClN6O9/c1-15-27(5)38-41(57)50-46(10,11)45(61)62-39(28(6)16-2)30(8)36(54)22-17-29(7)42(58)52(13)34(23-26(3)4)40(56)48-31(9)43(59)53(14)35(24-32-18-20-33(47)21-19-32)44(60)51(12)25-37(55)49-38/h16-21,26-27,30-31,34-36,38-39,54H,15,22-25H2,1-14H3,(H,48,56)(H,49,55)(H,50,57)/b28-16+,29-17+/t27?,30-,31-,34+,35+,36-,38-,39+/m0/s1. The van der Waals surface area contributed by atoms with Crippen LogP contribution >= 0.6 is 11.6 Å². The van der Waals surface area contributed by atoms with Crippen molar-refractivity contribution in [3.8, 4) is 0 Å². The number of carbonyl (C=O) groups excluding carboxylic acids is 7. The van der Waals surface area contributed by atoms with Gasteiger partial charge in [0.2, 0.25) is 35.4 Å². The first-order chi connectivity index (χ1) is 28.8. The molecule has 1 aromatic rings. The van der Waals surface area contributed by atoms with Gasteiger partial charge in [0.25, 0.3) is 0 Å². The summed E-state index contributed by atoms with van der Waals surface area (Å²) in [6.07, 6.45) is 2.14. The van der Waals surface area contributed by atoms with E-state index in [4.69, 9.17) is 16.3 Å². The zero-order valence-corrected chi connectivity index (χ0v) is 39.9. The molecule has 0 saturated heterocycles. The quantitative estimate of drug-likeness (QED) is 0.230. The molecule has 2 rings (SSSR count). The predicted octanol–water partition coefficient (Wildman–Crippen LogP) is 4.20. The van der Waals surface area contributed by atoms with E-state index >= 15 is 0 Å². The molecular weight excluding hydrogens is 816 g/mol. The lowest BCUT2D eigenvalue weighted by molar-refractivity contribution is -0.159. The van der Waals surface area contributed by atoms with Crippen LogP contribution in [-0.4, -0.2) is 131 Å². The van der Waals surface area contributed by atoms with Gasteiger partial charge in [0, 0.05) is 44.1 Å². The Hall–Kier alpha value is -4.76. The van der Waals surface area contributed by atoms with Gasteiger partial charge in [-0.15, -0.1) is 0 Å². The number of amides is 6. The summed E-state index contributed by atoms with van der Waals surface area (Å²) in [5, 5.41) is 20.1. The van der Waals surface area contributed by atoms with Crippen LogP contribution in [0.1, 0.15) is 101 Å². The summed E-state index contributed by atoms with van der Waals surface area (Å²) in [5.41, 5.74) is 0.00168. The van der Waals surface area contributed by atoms with Gasteiger partial charge in [-0.05, 0) is 89.5 Å². The van der Waals surface area contributed by atoms with Crippen LogP contribution in [0, 0.1) is 17.8 Å². The number of esters is 1. The summed E-state index contributed by atoms with van der Waals surface area (Å²) in [6, 6.07) is 2.39. The normalized spacial score (nSPS) is 27.9. The van der Waals surface area contributed by atoms with Crippen molar-refractivity contribution < 1.29 is 43.4 Å². The highest BCUT2D eigenvalue weighted by Crippen LogP contribution is 2.25. The third kappa shape index (κ3) is 14.7. The van der Waals surface area contributed by atoms with Crippen molar-refractivity contribution in [2.75, 3.05) is 27.7 Å². The Morgan fingerprint density at radius 1 is 0.935 bits per heavy atom. The molecule has 1 aliphatic heterocycles. The van der Waals surface area contributed by atoms with E-state index in [1.165, 1.54) is 51.7 Å². The highest BCUT2D eigenvalue weighted by Gasteiger charge is 2.40. The fraction of sp³-hybridized carbons (Fsp3) is 0.630. The van der Waals surface area contributed by atoms with Gasteiger partial charge in [-0.3, -0.25) is 28.8 Å². The summed E-state index contributed by atoms with van der Waals surface area (Å²) >= 11 is 6.13. The fourth-order valence-corrected chi connectivity index (χ4v) is 7.25. The second-order valence-corrected chi connectivity index (χ2v) is 18.2. The van der Waals surface area contributed by atoms with Crippen molar-refractivity contribution in [1.82, 2.24) is 30.7 Å². The molecule has 0 aliphatic carbocycles. The largest absolute Gasteiger partial charge is 0.456 e. The minimum Gasteiger partial charge on any atom is -0.456 e. The third-order valence-electron chi connectivity index (χ3n) is 11.7. The molecule has 0 spiro atoms. The number of halogens is 1. The molecule has 1 unspecified atom stereocenters. The fourth-order valence-electron chi connectivity index (χ4n) is 7.12. The smallest absolute Gasteiger partial charge is 0.331 e. The average Bonchev–Trinajstić information content (AvgIpc) is 3.22. The number of allylic oxidation sites excluding steroid dienone is 1. The van der Waals surface area contributed by atoms with Gasteiger partial charge < -0.3 is 40.5 Å². The summed E-state index contributed by atoms with van der Waals surface area (Å²) in [4.78, 5) is 101. The molecule has 15 nitrogen and oxygen atoms in total. The lowest BCUT2D eigenvalue weighted by Gasteiger charge is -2.35. The SMILES string of the molecule is C/C=C(\C)[C@H]1OC(=O)C(C)(C)NC(=O)[C@H](C(C)CC)NC(=O)CN(C)C(=O)[C@@H](Cc2ccc(Cl)cc2)N(C)C(=O)[C@H](C)NC(=O)[C@@H](CC(C)C)N(C)C(=O)/C(C)=C/C[C@H](O)[C@@H]1C. The average molecular weight is 888 g/mol. The molecule has 4 N–H and O–H groups in total. The van der Waals surface area contributed by atoms with Crippen LogP contribution in [0.5, 0.6) is 0 Å². The molecule has 346 valence electrons. The first-order valence-electron chi connectivity index (χ1n) is 21.4. The number of cyclic esters (lactones) is 1. The Morgan fingerprint density at radius 2 is 1.53 bits per heavy atom. The number of rotatable bonds is 7. The molecule has 62 heavy (non-hydrogen) atoms. The lowest BCUT2D eigenvalue weighted by Crippen LogP contribution is -2.60. The van der Waals surface area contributed by atoms with Crippen LogP contribution in [-0.2, 0) is 44.7 Å². The molecule has 8 atom stereocenters. The molecular formula is C46H71ClN6O9. The van der Waals surface area contributed by atoms with Crippen LogP contribution < -0.4 is 16.0 Å². The number of nitrogens with zero attached hydrogens (tertiary/aromatic N) is 3. The maximum atomic E-state index is 14.3. The van der Waals surface area contributed by atoms with E-state index in [-0.39, 0.29) is 30.8 Å². The zero-order chi connectivity index (χ0) is 47.4. The highest BCUT2D eigenvalue weighted by molar-refractivity contribution is 6.30. The molecule has 0 saturated carbocycles. The Kier molecular flexibility index (Phi) is 20.3. The van der Waals surface area contributed by atoms with Crippen molar-refractivity contribution in [2.45, 2.75) is 144 Å². The second kappa shape index (κ2) is 23.6. The number of likely N-dealkylation sites (N-methyl/N-ethyl adjacent to an activating group) is 3. The summed E-state index contributed by atoms with van der Waals surface area (Å²) in [7, 11) is 4.35. The maximum Gasteiger partial charge on any atom is 0.331 e. The molecule has 0 fully saturated rings. The van der Waals surface area contributed by atoms with E-state index in [1.54, 1.807) is 71.0 Å². The number of ether oxygens (including phenoxy) is 1. The summed E-state index contributed by atoms with van der Waals surface area (Å²) in [6.45, 7) is 18.2. The number of aliphatic hydroxyl groups excluding tert-OH is 1. The first-order valence-corrected chi connectivity index (χ1v) is 21.8. The number of hydrogen-bond donors (Lipinski definition) is 4. The van der Waals surface area contributed by atoms with Crippen molar-refractivity contribution in [3.05, 3.63) is 58.1 Å². The van der Waals surface area contributed by atoms with E-state index in [0.717, 1.165) is 4.90 Å². The monoisotopic (exact) mass is 886 g/mol. The number of aliphatic hydroxyl groups is 1. The van der Waals surface area contributed by atoms with Gasteiger partial charge in [0.1, 0.15) is 35.8 Å². The van der Waals surface area contributed by atoms with Gasteiger partial charge in [-0.2, -0.15) is 0 Å². The molecule has 1 heterocycles. The van der Waals surface area contributed by atoms with Crippen LogP contribution in [0.2, 0.25) is 5.02 Å². The molecule has 1 aromatic carbocycles. The van der Waals surface area contributed by atoms with E-state index < -0.39 is 102 Å². The van der Waals surface area contributed by atoms with E-state index in [1.807, 2.05) is 20.8 Å². The Balaban J connectivity index is 2.71. The van der Waals surface area contributed by atoms with Crippen LogP contribution in [0.15, 0.2) is 47.6 Å². The van der Waals surface area contributed by atoms with Crippen molar-refractivity contribution >= 4 is 53.0 Å². The molecule has 16 heteroatoms. The van der Waals surface area contributed by atoms with Crippen LogP contribution in [0.4, 0.5) is 0 Å². The molecule has 6 amide bonds. The Bertz CT molecular complexity index is 1830. The number of hydrogen-bond acceptors (Lipinski definition) is 9. The predicted molar refractivity (Wildman–Crippen MR) is 239 cm³/mol. The maximum absolute atomic E-state index is 14.3. The van der Waals surface area contributed by atoms with Crippen molar-refractivity contribution in [2.24, 2.45) is 17.8 Å². The van der Waals surface area contributed by atoms with Crippen molar-refractivity contribution in [1.29, 1.82) is 0 Å². The third-order valence-corrected chi connectivity index (χ3v) is 11.9. The van der Waals surface area contributed by atoms with Gasteiger partial charge >= 0.3 is 5.97 Å². The highest BCUT2D eigenvalue weighted by atomic mass is 35.5. The molecule has 0 bridgehead atoms. The molecule has 0 radical (unpaired) electrons. The lowest BCUT2D eigenvalue weighted by atomic mass is 9.90. The molecule has 1 aliphatic rings. The minimum atomic E-state index is -1.59. The summed E-state index contributed by atoms with van der Waals surface area (Å²) < 4.78 is 6.00.